The molecule has 3 aromatic rings. The van der Waals surface area contributed by atoms with Crippen LogP contribution in [0.4, 0.5) is 0 Å². The van der Waals surface area contributed by atoms with Crippen molar-refractivity contribution in [2.45, 2.75) is 6.92 Å². The fraction of sp³-hybridized carbons (Fsp3) is 0.0625. The molecule has 0 unspecified atom stereocenters. The highest BCUT2D eigenvalue weighted by atomic mass is 15.1. The molecular formula is C16H14N2. The van der Waals surface area contributed by atoms with E-state index in [9.17, 15) is 0 Å². The molecule has 1 aromatic heterocycles. The van der Waals surface area contributed by atoms with E-state index in [1.54, 1.807) is 0 Å². The molecule has 1 heterocycles. The average molecular weight is 234 g/mol. The zero-order chi connectivity index (χ0) is 12.4. The van der Waals surface area contributed by atoms with Gasteiger partial charge in [0, 0.05) is 18.1 Å². The molecule has 0 bridgehead atoms. The summed E-state index contributed by atoms with van der Waals surface area (Å²) < 4.78 is 2.08. The van der Waals surface area contributed by atoms with Crippen LogP contribution < -0.4 is 0 Å². The monoisotopic (exact) mass is 234 g/mol. The lowest BCUT2D eigenvalue weighted by Crippen LogP contribution is -1.94. The molecule has 88 valence electrons. The first-order valence-electron chi connectivity index (χ1n) is 6.00. The van der Waals surface area contributed by atoms with Gasteiger partial charge in [0.2, 0.25) is 0 Å². The lowest BCUT2D eigenvalue weighted by Gasteiger charge is -2.06. The summed E-state index contributed by atoms with van der Waals surface area (Å²) in [5, 5.41) is 0. The van der Waals surface area contributed by atoms with Crippen molar-refractivity contribution < 1.29 is 0 Å². The number of aromatic nitrogens is 2. The second-order valence-corrected chi connectivity index (χ2v) is 4.26. The molecule has 3 rings (SSSR count). The van der Waals surface area contributed by atoms with E-state index in [1.807, 2.05) is 25.4 Å². The molecule has 2 nitrogen and oxygen atoms in total. The van der Waals surface area contributed by atoms with E-state index in [0.717, 1.165) is 11.5 Å². The highest BCUT2D eigenvalue weighted by molar-refractivity contribution is 5.64. The van der Waals surface area contributed by atoms with Gasteiger partial charge in [-0.3, -0.25) is 0 Å². The molecule has 0 fully saturated rings. The minimum Gasteiger partial charge on any atom is -0.304 e. The molecule has 0 saturated carbocycles. The van der Waals surface area contributed by atoms with Crippen LogP contribution in [0.15, 0.2) is 67.0 Å². The van der Waals surface area contributed by atoms with Crippen LogP contribution in [0.5, 0.6) is 0 Å². The number of hydrogen-bond acceptors (Lipinski definition) is 1. The molecule has 18 heavy (non-hydrogen) atoms. The topological polar surface area (TPSA) is 17.8 Å². The largest absolute Gasteiger partial charge is 0.304 e. The minimum atomic E-state index is 1.00. The molecule has 0 saturated heterocycles. The third-order valence-electron chi connectivity index (χ3n) is 3.08. The maximum absolute atomic E-state index is 4.24. The lowest BCUT2D eigenvalue weighted by molar-refractivity contribution is 0.975. The van der Waals surface area contributed by atoms with Crippen molar-refractivity contribution in [3.05, 3.63) is 72.8 Å². The fourth-order valence-corrected chi connectivity index (χ4v) is 2.10. The van der Waals surface area contributed by atoms with Crippen molar-refractivity contribution in [3.63, 3.8) is 0 Å². The van der Waals surface area contributed by atoms with Crippen LogP contribution in [0, 0.1) is 6.92 Å². The average Bonchev–Trinajstić information content (AvgIpc) is 2.86. The van der Waals surface area contributed by atoms with E-state index in [1.165, 1.54) is 11.1 Å². The highest BCUT2D eigenvalue weighted by Crippen LogP contribution is 2.20. The first kappa shape index (κ1) is 10.8. The van der Waals surface area contributed by atoms with Crippen LogP contribution >= 0.6 is 0 Å². The van der Waals surface area contributed by atoms with Crippen LogP contribution in [0.2, 0.25) is 0 Å². The summed E-state index contributed by atoms with van der Waals surface area (Å²) in [6.45, 7) is 2.01. The number of nitrogens with zero attached hydrogens (tertiary/aromatic N) is 2. The van der Waals surface area contributed by atoms with Crippen LogP contribution in [0.3, 0.4) is 0 Å². The third-order valence-corrected chi connectivity index (χ3v) is 3.08. The first-order chi connectivity index (χ1) is 8.84. The van der Waals surface area contributed by atoms with Gasteiger partial charge in [0.05, 0.1) is 0 Å². The van der Waals surface area contributed by atoms with Gasteiger partial charge in [-0.25, -0.2) is 4.98 Å². The van der Waals surface area contributed by atoms with Gasteiger partial charge in [0.1, 0.15) is 5.82 Å². The van der Waals surface area contributed by atoms with Crippen molar-refractivity contribution in [1.82, 2.24) is 9.55 Å². The Labute approximate surface area is 107 Å². The second kappa shape index (κ2) is 4.49. The Morgan fingerprint density at radius 3 is 2.11 bits per heavy atom. The van der Waals surface area contributed by atoms with Gasteiger partial charge in [0.25, 0.3) is 0 Å². The second-order valence-electron chi connectivity index (χ2n) is 4.26. The first-order valence-corrected chi connectivity index (χ1v) is 6.00. The van der Waals surface area contributed by atoms with Gasteiger partial charge in [-0.05, 0) is 30.2 Å². The van der Waals surface area contributed by atoms with Gasteiger partial charge in [0.15, 0.2) is 0 Å². The molecular weight excluding hydrogens is 220 g/mol. The number of imidazole rings is 1. The van der Waals surface area contributed by atoms with Gasteiger partial charge in [-0.2, -0.15) is 0 Å². The molecule has 0 N–H and O–H groups in total. The Bertz CT molecular complexity index is 636. The van der Waals surface area contributed by atoms with E-state index in [2.05, 4.69) is 58.1 Å². The predicted molar refractivity (Wildman–Crippen MR) is 73.7 cm³/mol. The Morgan fingerprint density at radius 1 is 0.833 bits per heavy atom. The van der Waals surface area contributed by atoms with Gasteiger partial charge >= 0.3 is 0 Å². The van der Waals surface area contributed by atoms with Gasteiger partial charge in [-0.15, -0.1) is 0 Å². The zero-order valence-electron chi connectivity index (χ0n) is 10.2. The van der Waals surface area contributed by atoms with Crippen molar-refractivity contribution in [3.8, 4) is 16.8 Å². The van der Waals surface area contributed by atoms with Gasteiger partial charge in [-0.1, -0.05) is 42.5 Å². The smallest absolute Gasteiger partial charge is 0.110 e. The van der Waals surface area contributed by atoms with Crippen LogP contribution in [-0.4, -0.2) is 9.55 Å². The molecule has 0 spiro atoms. The Morgan fingerprint density at radius 2 is 1.50 bits per heavy atom. The highest BCUT2D eigenvalue weighted by Gasteiger charge is 2.01. The molecule has 2 aromatic carbocycles. The quantitative estimate of drug-likeness (QED) is 0.658. The van der Waals surface area contributed by atoms with Crippen LogP contribution in [0.1, 0.15) is 5.82 Å². The Hall–Kier alpha value is -2.35. The lowest BCUT2D eigenvalue weighted by atomic mass is 10.1. The Balaban J connectivity index is 1.97. The van der Waals surface area contributed by atoms with Crippen molar-refractivity contribution >= 4 is 0 Å². The fourth-order valence-electron chi connectivity index (χ4n) is 2.10. The molecule has 0 aliphatic heterocycles. The van der Waals surface area contributed by atoms with Crippen LogP contribution in [-0.2, 0) is 0 Å². The maximum Gasteiger partial charge on any atom is 0.110 e. The molecule has 0 amide bonds. The summed E-state index contributed by atoms with van der Waals surface area (Å²) in [7, 11) is 0. The molecule has 0 radical (unpaired) electrons. The number of hydrogen-bond donors (Lipinski definition) is 0. The van der Waals surface area contributed by atoms with Crippen molar-refractivity contribution in [1.29, 1.82) is 0 Å². The normalized spacial score (nSPS) is 10.5. The predicted octanol–water partition coefficient (Wildman–Crippen LogP) is 3.85. The van der Waals surface area contributed by atoms with Crippen LogP contribution in [0.25, 0.3) is 16.8 Å². The number of aryl methyl sites for hydroxylation is 1. The molecule has 0 aliphatic rings. The van der Waals surface area contributed by atoms with E-state index >= 15 is 0 Å². The summed E-state index contributed by atoms with van der Waals surface area (Å²) in [6, 6.07) is 18.9. The zero-order valence-corrected chi connectivity index (χ0v) is 10.2. The van der Waals surface area contributed by atoms with Crippen molar-refractivity contribution in [2.24, 2.45) is 0 Å². The van der Waals surface area contributed by atoms with Gasteiger partial charge < -0.3 is 4.57 Å². The number of benzene rings is 2. The summed E-state index contributed by atoms with van der Waals surface area (Å²) in [4.78, 5) is 4.24. The SMILES string of the molecule is Cc1nccn1-c1ccc(-c2ccccc2)cc1. The Kier molecular flexibility index (Phi) is 2.69. The van der Waals surface area contributed by atoms with E-state index < -0.39 is 0 Å². The van der Waals surface area contributed by atoms with E-state index in [-0.39, 0.29) is 0 Å². The summed E-state index contributed by atoms with van der Waals surface area (Å²) >= 11 is 0. The standard InChI is InChI=1S/C16H14N2/c1-13-17-11-12-18(13)16-9-7-15(8-10-16)14-5-3-2-4-6-14/h2-12H,1H3. The summed E-state index contributed by atoms with van der Waals surface area (Å²) in [5.41, 5.74) is 3.62. The maximum atomic E-state index is 4.24. The number of rotatable bonds is 2. The summed E-state index contributed by atoms with van der Waals surface area (Å²) in [6.07, 6.45) is 3.80. The van der Waals surface area contributed by atoms with E-state index in [0.29, 0.717) is 0 Å². The van der Waals surface area contributed by atoms with E-state index in [4.69, 9.17) is 0 Å². The van der Waals surface area contributed by atoms with Crippen molar-refractivity contribution in [2.75, 3.05) is 0 Å². The third kappa shape index (κ3) is 1.93. The minimum absolute atomic E-state index is 1.00. The summed E-state index contributed by atoms with van der Waals surface area (Å²) in [5.74, 6) is 1.00. The molecule has 0 atom stereocenters. The molecule has 2 heteroatoms. The molecule has 0 aliphatic carbocycles.